The van der Waals surface area contributed by atoms with Gasteiger partial charge in [-0.2, -0.15) is 26.3 Å². The largest absolute Gasteiger partial charge is 0.416 e. The van der Waals surface area contributed by atoms with Crippen molar-refractivity contribution in [2.24, 2.45) is 5.92 Å². The Hall–Kier alpha value is -3.02. The molecule has 6 heteroatoms. The summed E-state index contributed by atoms with van der Waals surface area (Å²) in [6, 6.07) is 14.5. The molecule has 3 aromatic rings. The van der Waals surface area contributed by atoms with Crippen molar-refractivity contribution in [2.75, 3.05) is 0 Å². The van der Waals surface area contributed by atoms with Crippen LogP contribution in [0, 0.1) is 5.92 Å². The summed E-state index contributed by atoms with van der Waals surface area (Å²) in [6.45, 7) is 4.03. The van der Waals surface area contributed by atoms with Gasteiger partial charge in [-0.05, 0) is 63.9 Å². The molecule has 4 rings (SSSR count). The van der Waals surface area contributed by atoms with Gasteiger partial charge in [0.15, 0.2) is 0 Å². The maximum Gasteiger partial charge on any atom is 0.416 e. The fraction of sp³-hybridized carbons (Fsp3) is 0.231. The molecular weight excluding hydrogens is 426 g/mol. The van der Waals surface area contributed by atoms with Gasteiger partial charge in [-0.25, -0.2) is 0 Å². The summed E-state index contributed by atoms with van der Waals surface area (Å²) in [5, 5.41) is 0. The number of halogens is 6. The number of alkyl halides is 6. The van der Waals surface area contributed by atoms with Gasteiger partial charge < -0.3 is 0 Å². The summed E-state index contributed by atoms with van der Waals surface area (Å²) in [7, 11) is 0. The molecule has 1 aliphatic rings. The minimum atomic E-state index is -4.90. The van der Waals surface area contributed by atoms with Gasteiger partial charge in [0.1, 0.15) is 0 Å². The van der Waals surface area contributed by atoms with Gasteiger partial charge in [-0.1, -0.05) is 68.0 Å². The minimum Gasteiger partial charge on any atom is -0.166 e. The molecule has 0 aliphatic heterocycles. The number of hydrogen-bond acceptors (Lipinski definition) is 0. The third kappa shape index (κ3) is 4.18. The average molecular weight is 446 g/mol. The number of hydrogen-bond donors (Lipinski definition) is 0. The highest BCUT2D eigenvalue weighted by Crippen LogP contribution is 2.45. The lowest BCUT2D eigenvalue weighted by molar-refractivity contribution is -0.143. The Balaban J connectivity index is 2.06. The lowest BCUT2D eigenvalue weighted by Gasteiger charge is -2.19. The maximum atomic E-state index is 13.5. The highest BCUT2D eigenvalue weighted by Gasteiger charge is 2.37. The first-order valence-corrected chi connectivity index (χ1v) is 10.2. The van der Waals surface area contributed by atoms with E-state index in [-0.39, 0.29) is 17.5 Å². The normalized spacial score (nSPS) is 14.0. The SMILES string of the molecule is CC(C)C1=Cc2c(ccc(-c3ccccc3)c2-c2cc(C(F)(F)F)cc(C(F)(F)F)c2)C1. The molecule has 0 unspecified atom stereocenters. The fourth-order valence-corrected chi connectivity index (χ4v) is 4.08. The molecule has 1 aliphatic carbocycles. The van der Waals surface area contributed by atoms with Gasteiger partial charge >= 0.3 is 12.4 Å². The third-order valence-corrected chi connectivity index (χ3v) is 5.76. The third-order valence-electron chi connectivity index (χ3n) is 5.76. The van der Waals surface area contributed by atoms with E-state index in [2.05, 4.69) is 0 Å². The zero-order valence-corrected chi connectivity index (χ0v) is 17.4. The van der Waals surface area contributed by atoms with Gasteiger partial charge in [0.05, 0.1) is 11.1 Å². The van der Waals surface area contributed by atoms with Crippen molar-refractivity contribution >= 4 is 6.08 Å². The highest BCUT2D eigenvalue weighted by molar-refractivity contribution is 5.92. The van der Waals surface area contributed by atoms with Crippen molar-refractivity contribution in [3.05, 3.63) is 88.5 Å². The number of fused-ring (bicyclic) bond motifs is 1. The van der Waals surface area contributed by atoms with E-state index in [1.807, 2.05) is 26.0 Å². The van der Waals surface area contributed by atoms with E-state index in [4.69, 9.17) is 0 Å². The molecule has 166 valence electrons. The second-order valence-electron chi connectivity index (χ2n) is 8.27. The zero-order valence-electron chi connectivity index (χ0n) is 17.4. The molecule has 0 amide bonds. The quantitative estimate of drug-likeness (QED) is 0.353. The molecule has 0 atom stereocenters. The molecule has 0 nitrogen and oxygen atoms in total. The second-order valence-corrected chi connectivity index (χ2v) is 8.27. The van der Waals surface area contributed by atoms with Crippen LogP contribution in [0.1, 0.15) is 36.1 Å². The highest BCUT2D eigenvalue weighted by atomic mass is 19.4. The van der Waals surface area contributed by atoms with Crippen molar-refractivity contribution in [1.82, 2.24) is 0 Å². The van der Waals surface area contributed by atoms with E-state index in [1.165, 1.54) is 0 Å². The topological polar surface area (TPSA) is 0 Å². The predicted octanol–water partition coefficient (Wildman–Crippen LogP) is 8.65. The monoisotopic (exact) mass is 446 g/mol. The molecule has 0 fully saturated rings. The molecule has 0 heterocycles. The molecule has 0 radical (unpaired) electrons. The van der Waals surface area contributed by atoms with Crippen molar-refractivity contribution in [1.29, 1.82) is 0 Å². The Morgan fingerprint density at radius 3 is 1.84 bits per heavy atom. The molecule has 3 aromatic carbocycles. The number of benzene rings is 3. The lowest BCUT2D eigenvalue weighted by Crippen LogP contribution is -2.11. The van der Waals surface area contributed by atoms with Crippen LogP contribution in [0.2, 0.25) is 0 Å². The first-order valence-electron chi connectivity index (χ1n) is 10.2. The molecule has 0 spiro atoms. The smallest absolute Gasteiger partial charge is 0.166 e. The zero-order chi connectivity index (χ0) is 23.3. The van der Waals surface area contributed by atoms with E-state index in [0.29, 0.717) is 23.1 Å². The van der Waals surface area contributed by atoms with E-state index in [0.717, 1.165) is 28.8 Å². The van der Waals surface area contributed by atoms with Gasteiger partial charge in [-0.15, -0.1) is 0 Å². The van der Waals surface area contributed by atoms with E-state index >= 15 is 0 Å². The average Bonchev–Trinajstić information content (AvgIpc) is 3.17. The second kappa shape index (κ2) is 7.84. The summed E-state index contributed by atoms with van der Waals surface area (Å²) in [6.07, 6.45) is -7.27. The van der Waals surface area contributed by atoms with Crippen LogP contribution >= 0.6 is 0 Å². The van der Waals surface area contributed by atoms with Crippen LogP contribution in [-0.2, 0) is 18.8 Å². The minimum absolute atomic E-state index is 0.0934. The van der Waals surface area contributed by atoms with Crippen molar-refractivity contribution < 1.29 is 26.3 Å². The maximum absolute atomic E-state index is 13.5. The van der Waals surface area contributed by atoms with Gasteiger partial charge in [0, 0.05) is 0 Å². The fourth-order valence-electron chi connectivity index (χ4n) is 4.08. The summed E-state index contributed by atoms with van der Waals surface area (Å²) in [5.74, 6) is 0.211. The van der Waals surface area contributed by atoms with Crippen LogP contribution < -0.4 is 0 Å². The van der Waals surface area contributed by atoms with Crippen LogP contribution in [0.4, 0.5) is 26.3 Å². The molecule has 32 heavy (non-hydrogen) atoms. The van der Waals surface area contributed by atoms with E-state index < -0.39 is 23.5 Å². The van der Waals surface area contributed by atoms with Crippen molar-refractivity contribution in [3.63, 3.8) is 0 Å². The summed E-state index contributed by atoms with van der Waals surface area (Å²) in [5.41, 5.74) is 1.66. The summed E-state index contributed by atoms with van der Waals surface area (Å²) < 4.78 is 81.2. The van der Waals surface area contributed by atoms with Crippen LogP contribution in [0.25, 0.3) is 28.3 Å². The molecule has 0 N–H and O–H groups in total. The first kappa shape index (κ1) is 22.2. The Morgan fingerprint density at radius 1 is 0.719 bits per heavy atom. The van der Waals surface area contributed by atoms with E-state index in [9.17, 15) is 26.3 Å². The van der Waals surface area contributed by atoms with Gasteiger partial charge in [0.2, 0.25) is 0 Å². The van der Waals surface area contributed by atoms with Crippen molar-refractivity contribution in [3.8, 4) is 22.3 Å². The molecular formula is C26H20F6. The van der Waals surface area contributed by atoms with Gasteiger partial charge in [-0.3, -0.25) is 0 Å². The Kier molecular flexibility index (Phi) is 5.43. The van der Waals surface area contributed by atoms with Crippen LogP contribution in [0.15, 0.2) is 66.2 Å². The van der Waals surface area contributed by atoms with Crippen LogP contribution in [0.3, 0.4) is 0 Å². The van der Waals surface area contributed by atoms with Crippen molar-refractivity contribution in [2.45, 2.75) is 32.6 Å². The molecule has 0 aromatic heterocycles. The standard InChI is InChI=1S/C26H20F6/c1-15(2)18-10-17-8-9-22(16-6-4-3-5-7-16)24(23(17)13-18)19-11-20(25(27,28)29)14-21(12-19)26(30,31)32/h3-9,11-15H,10H2,1-2H3. The summed E-state index contributed by atoms with van der Waals surface area (Å²) >= 11 is 0. The van der Waals surface area contributed by atoms with Crippen LogP contribution in [0.5, 0.6) is 0 Å². The molecule has 0 saturated carbocycles. The predicted molar refractivity (Wildman–Crippen MR) is 114 cm³/mol. The van der Waals surface area contributed by atoms with Crippen LogP contribution in [-0.4, -0.2) is 0 Å². The lowest BCUT2D eigenvalue weighted by atomic mass is 9.87. The molecule has 0 bridgehead atoms. The number of allylic oxidation sites excluding steroid dienone is 1. The Bertz CT molecular complexity index is 1150. The molecule has 0 saturated heterocycles. The Morgan fingerprint density at radius 2 is 1.31 bits per heavy atom. The van der Waals surface area contributed by atoms with E-state index in [1.54, 1.807) is 36.4 Å². The first-order chi connectivity index (χ1) is 14.9. The van der Waals surface area contributed by atoms with Gasteiger partial charge in [0.25, 0.3) is 0 Å². The Labute approximate surface area is 182 Å². The summed E-state index contributed by atoms with van der Waals surface area (Å²) in [4.78, 5) is 0. The number of rotatable bonds is 3.